The Kier molecular flexibility index (Phi) is 5.71. The molecule has 0 bridgehead atoms. The fraction of sp³-hybridized carbons (Fsp3) is 0.400. The number of hydrogen-bond donors (Lipinski definition) is 0. The van der Waals surface area contributed by atoms with E-state index in [1.807, 2.05) is 52.6 Å². The molecule has 0 aliphatic carbocycles. The van der Waals surface area contributed by atoms with Crippen LogP contribution in [0.3, 0.4) is 0 Å². The Labute approximate surface area is 122 Å². The van der Waals surface area contributed by atoms with Crippen molar-refractivity contribution < 1.29 is 29.8 Å². The van der Waals surface area contributed by atoms with Crippen LogP contribution < -0.4 is 0 Å². The van der Waals surface area contributed by atoms with E-state index in [1.54, 1.807) is 11.8 Å². The molecule has 11 heteroatoms. The first-order valence-electron chi connectivity index (χ1n) is 5.43. The predicted octanol–water partition coefficient (Wildman–Crippen LogP) is 4.75. The molecule has 3 nitrogen and oxygen atoms in total. The minimum atomic E-state index is -10.7. The van der Waals surface area contributed by atoms with E-state index in [9.17, 15) is 25.2 Å². The van der Waals surface area contributed by atoms with Crippen molar-refractivity contribution in [3.05, 3.63) is 24.4 Å². The molecule has 0 atom stereocenters. The summed E-state index contributed by atoms with van der Waals surface area (Å²) < 4.78 is 61.3. The van der Waals surface area contributed by atoms with Crippen LogP contribution in [0.5, 0.6) is 0 Å². The fourth-order valence-corrected chi connectivity index (χ4v) is 1.90. The Morgan fingerprint density at radius 1 is 1.10 bits per heavy atom. The van der Waals surface area contributed by atoms with Gasteiger partial charge in [-0.25, -0.2) is 4.98 Å². The molecule has 0 saturated carbocycles. The summed E-state index contributed by atoms with van der Waals surface area (Å²) in [5.41, 5.74) is 0. The molecule has 0 fully saturated rings. The molecular formula is C10H16F6N3PS. The van der Waals surface area contributed by atoms with Crippen LogP contribution in [-0.4, -0.2) is 47.8 Å². The molecule has 1 rings (SSSR count). The standard InChI is InChI=1S/C10H16N3S.F6P/c1-12(2)10(13(3)4)14-9-7-5-6-8-11-9;1-7(2,3,4,5)6/h5-8H,1-4H3;/q+1;-1. The minimum absolute atomic E-state index is 1.02. The average molecular weight is 355 g/mol. The third kappa shape index (κ3) is 15.2. The molecule has 0 amide bonds. The van der Waals surface area contributed by atoms with Crippen LogP contribution in [-0.2, 0) is 0 Å². The maximum absolute atomic E-state index is 10.7. The van der Waals surface area contributed by atoms with Gasteiger partial charge in [-0.05, 0) is 12.1 Å². The van der Waals surface area contributed by atoms with Gasteiger partial charge in [0.2, 0.25) is 0 Å². The van der Waals surface area contributed by atoms with Crippen LogP contribution in [0.1, 0.15) is 0 Å². The quantitative estimate of drug-likeness (QED) is 0.181. The summed E-state index contributed by atoms with van der Waals surface area (Å²) in [5.74, 6) is 0. The Morgan fingerprint density at radius 3 is 1.86 bits per heavy atom. The molecule has 1 heterocycles. The van der Waals surface area contributed by atoms with E-state index in [0.717, 1.165) is 5.03 Å². The van der Waals surface area contributed by atoms with Crippen LogP contribution >= 0.6 is 19.6 Å². The monoisotopic (exact) mass is 355 g/mol. The number of rotatable bonds is 1. The molecule has 0 aromatic carbocycles. The Morgan fingerprint density at radius 2 is 1.57 bits per heavy atom. The zero-order valence-electron chi connectivity index (χ0n) is 11.8. The number of aromatic nitrogens is 1. The number of pyridine rings is 1. The van der Waals surface area contributed by atoms with Crippen LogP contribution in [0, 0.1) is 0 Å². The summed E-state index contributed by atoms with van der Waals surface area (Å²) in [4.78, 5) is 6.35. The van der Waals surface area contributed by atoms with Crippen molar-refractivity contribution >= 4 is 24.7 Å². The summed E-state index contributed by atoms with van der Waals surface area (Å²) >= 11 is 1.66. The number of amidine groups is 1. The van der Waals surface area contributed by atoms with Gasteiger partial charge >= 0.3 is 38.2 Å². The number of halogens is 6. The van der Waals surface area contributed by atoms with Crippen molar-refractivity contribution in [2.75, 3.05) is 28.2 Å². The summed E-state index contributed by atoms with van der Waals surface area (Å²) in [7, 11) is -2.53. The van der Waals surface area contributed by atoms with Gasteiger partial charge in [0.1, 0.15) is 5.03 Å². The topological polar surface area (TPSA) is 19.1 Å². The van der Waals surface area contributed by atoms with E-state index in [-0.39, 0.29) is 0 Å². The first-order valence-corrected chi connectivity index (χ1v) is 8.27. The van der Waals surface area contributed by atoms with Gasteiger partial charge in [-0.1, -0.05) is 6.07 Å². The number of hydrogen-bond acceptors (Lipinski definition) is 2. The molecule has 1 aromatic heterocycles. The van der Waals surface area contributed by atoms with Crippen molar-refractivity contribution in [3.63, 3.8) is 0 Å². The van der Waals surface area contributed by atoms with E-state index in [4.69, 9.17) is 0 Å². The number of nitrogens with zero attached hydrogens (tertiary/aromatic N) is 3. The summed E-state index contributed by atoms with van der Waals surface area (Å²) in [6.45, 7) is 0. The van der Waals surface area contributed by atoms with Crippen LogP contribution in [0.15, 0.2) is 29.4 Å². The average Bonchev–Trinajstić information content (AvgIpc) is 2.22. The van der Waals surface area contributed by atoms with Crippen LogP contribution in [0.25, 0.3) is 0 Å². The molecule has 1 aromatic rings. The molecule has 0 unspecified atom stereocenters. The number of thioether (sulfide) groups is 1. The Bertz CT molecular complexity index is 484. The van der Waals surface area contributed by atoms with Gasteiger partial charge in [0.05, 0.1) is 28.2 Å². The van der Waals surface area contributed by atoms with E-state index in [0.29, 0.717) is 0 Å². The molecule has 124 valence electrons. The van der Waals surface area contributed by atoms with E-state index < -0.39 is 7.81 Å². The summed E-state index contributed by atoms with van der Waals surface area (Å²) in [6.07, 6.45) is 1.81. The maximum atomic E-state index is 9.87. The summed E-state index contributed by atoms with van der Waals surface area (Å²) in [5, 5.41) is 2.19. The van der Waals surface area contributed by atoms with Crippen LogP contribution in [0.4, 0.5) is 25.2 Å². The third-order valence-electron chi connectivity index (χ3n) is 1.60. The molecule has 0 N–H and O–H groups in total. The van der Waals surface area contributed by atoms with Gasteiger partial charge in [-0.2, -0.15) is 0 Å². The van der Waals surface area contributed by atoms with Gasteiger partial charge in [-0.15, -0.1) is 0 Å². The van der Waals surface area contributed by atoms with Crippen molar-refractivity contribution in [1.82, 2.24) is 9.88 Å². The molecular weight excluding hydrogens is 339 g/mol. The van der Waals surface area contributed by atoms with Crippen LogP contribution in [0.2, 0.25) is 0 Å². The zero-order valence-corrected chi connectivity index (χ0v) is 13.5. The second-order valence-corrected chi connectivity index (χ2v) is 7.20. The third-order valence-corrected chi connectivity index (χ3v) is 2.96. The van der Waals surface area contributed by atoms with Gasteiger partial charge in [0.25, 0.3) is 0 Å². The Hall–Kier alpha value is -1.02. The fourth-order valence-electron chi connectivity index (χ4n) is 1.08. The van der Waals surface area contributed by atoms with E-state index >= 15 is 0 Å². The molecule has 0 spiro atoms. The first kappa shape index (κ1) is 20.0. The molecule has 0 saturated heterocycles. The predicted molar refractivity (Wildman–Crippen MR) is 74.5 cm³/mol. The molecule has 0 aliphatic heterocycles. The van der Waals surface area contributed by atoms with Crippen molar-refractivity contribution in [3.8, 4) is 0 Å². The van der Waals surface area contributed by atoms with Gasteiger partial charge in [0, 0.05) is 18.0 Å². The van der Waals surface area contributed by atoms with Gasteiger partial charge in [-0.3, -0.25) is 9.48 Å². The first-order chi connectivity index (χ1) is 9.06. The van der Waals surface area contributed by atoms with Crippen molar-refractivity contribution in [2.45, 2.75) is 5.03 Å². The molecule has 21 heavy (non-hydrogen) atoms. The van der Waals surface area contributed by atoms with Crippen molar-refractivity contribution in [2.24, 2.45) is 0 Å². The molecule has 0 radical (unpaired) electrons. The van der Waals surface area contributed by atoms with Gasteiger partial charge < -0.3 is 0 Å². The Balaban J connectivity index is 0.000000486. The molecule has 0 aliphatic rings. The second-order valence-electron chi connectivity index (χ2n) is 4.30. The van der Waals surface area contributed by atoms with Gasteiger partial charge in [0.15, 0.2) is 0 Å². The normalized spacial score (nSPS) is 14.2. The van der Waals surface area contributed by atoms with E-state index in [1.165, 1.54) is 5.17 Å². The second kappa shape index (κ2) is 6.00. The summed E-state index contributed by atoms with van der Waals surface area (Å²) in [6, 6.07) is 5.94. The van der Waals surface area contributed by atoms with Crippen molar-refractivity contribution in [1.29, 1.82) is 0 Å². The SMILES string of the molecule is CN(C)C(Sc1ccccn1)=[N+](C)C.F[P-](F)(F)(F)(F)F. The zero-order chi connectivity index (χ0) is 17.0. The van der Waals surface area contributed by atoms with E-state index in [2.05, 4.69) is 14.5 Å².